The summed E-state index contributed by atoms with van der Waals surface area (Å²) in [6.07, 6.45) is 5.40. The van der Waals surface area contributed by atoms with Crippen LogP contribution in [-0.2, 0) is 11.2 Å². The number of nitriles is 1. The van der Waals surface area contributed by atoms with Crippen molar-refractivity contribution in [2.45, 2.75) is 12.8 Å². The summed E-state index contributed by atoms with van der Waals surface area (Å²) in [5.74, 6) is 0.0347. The van der Waals surface area contributed by atoms with E-state index in [2.05, 4.69) is 33.8 Å². The number of benzene rings is 2. The summed E-state index contributed by atoms with van der Waals surface area (Å²) in [4.78, 5) is 14.4. The molecule has 1 amide bonds. The topological polar surface area (TPSA) is 84.8 Å². The van der Waals surface area contributed by atoms with Crippen molar-refractivity contribution in [2.24, 2.45) is 5.41 Å². The molecular weight excluding hydrogens is 326 g/mol. The third-order valence-electron chi connectivity index (χ3n) is 5.65. The molecule has 6 heteroatoms. The maximum absolute atomic E-state index is 12.7. The number of carbonyl (C=O) groups excluding carboxylic acids is 1. The Morgan fingerprint density at radius 1 is 1.27 bits per heavy atom. The minimum atomic E-state index is -0.497. The molecule has 1 aromatic heterocycles. The van der Waals surface area contributed by atoms with Gasteiger partial charge in [-0.2, -0.15) is 10.4 Å². The van der Waals surface area contributed by atoms with Crippen LogP contribution in [0, 0.1) is 16.9 Å². The van der Waals surface area contributed by atoms with Gasteiger partial charge in [-0.1, -0.05) is 18.2 Å². The molecule has 0 aliphatic carbocycles. The summed E-state index contributed by atoms with van der Waals surface area (Å²) >= 11 is 0. The van der Waals surface area contributed by atoms with Gasteiger partial charge in [0, 0.05) is 24.2 Å². The zero-order chi connectivity index (χ0) is 17.7. The fourth-order valence-electron chi connectivity index (χ4n) is 4.24. The van der Waals surface area contributed by atoms with Crippen LogP contribution in [0.5, 0.6) is 0 Å². The Morgan fingerprint density at radius 2 is 2.19 bits per heavy atom. The highest BCUT2D eigenvalue weighted by Gasteiger charge is 2.47. The van der Waals surface area contributed by atoms with Crippen molar-refractivity contribution < 1.29 is 4.79 Å². The molecule has 0 bridgehead atoms. The van der Waals surface area contributed by atoms with Crippen molar-refractivity contribution in [3.05, 3.63) is 48.2 Å². The van der Waals surface area contributed by atoms with Gasteiger partial charge in [0.25, 0.3) is 0 Å². The lowest BCUT2D eigenvalue weighted by molar-refractivity contribution is -0.125. The predicted molar refractivity (Wildman–Crippen MR) is 98.1 cm³/mol. The monoisotopic (exact) mass is 343 g/mol. The van der Waals surface area contributed by atoms with E-state index < -0.39 is 5.41 Å². The molecule has 128 valence electrons. The fourth-order valence-corrected chi connectivity index (χ4v) is 4.24. The molecule has 1 spiro atoms. The van der Waals surface area contributed by atoms with Gasteiger partial charge in [0.05, 0.1) is 17.1 Å². The zero-order valence-corrected chi connectivity index (χ0v) is 14.1. The molecule has 3 heterocycles. The summed E-state index contributed by atoms with van der Waals surface area (Å²) in [6.45, 7) is 1.14. The van der Waals surface area contributed by atoms with Gasteiger partial charge >= 0.3 is 0 Å². The van der Waals surface area contributed by atoms with Crippen molar-refractivity contribution in [1.29, 1.82) is 5.26 Å². The molecule has 2 N–H and O–H groups in total. The van der Waals surface area contributed by atoms with Crippen LogP contribution in [0.2, 0.25) is 0 Å². The Bertz CT molecular complexity index is 1080. The van der Waals surface area contributed by atoms with Crippen LogP contribution in [0.1, 0.15) is 12.0 Å². The van der Waals surface area contributed by atoms with E-state index in [0.717, 1.165) is 33.3 Å². The summed E-state index contributed by atoms with van der Waals surface area (Å²) in [5.41, 5.74) is 4.74. The molecular formula is C20H17N5O. The van der Waals surface area contributed by atoms with E-state index in [4.69, 9.17) is 5.26 Å². The number of likely N-dealkylation sites (tertiary alicyclic amines) is 1. The van der Waals surface area contributed by atoms with Crippen LogP contribution in [0.25, 0.3) is 22.0 Å². The van der Waals surface area contributed by atoms with E-state index in [9.17, 15) is 4.79 Å². The Morgan fingerprint density at radius 3 is 3.04 bits per heavy atom. The van der Waals surface area contributed by atoms with Gasteiger partial charge in [-0.3, -0.25) is 9.89 Å². The van der Waals surface area contributed by atoms with Gasteiger partial charge in [0.1, 0.15) is 0 Å². The van der Waals surface area contributed by atoms with Crippen LogP contribution in [0.3, 0.4) is 0 Å². The molecule has 1 atom stereocenters. The first-order valence-corrected chi connectivity index (χ1v) is 8.70. The summed E-state index contributed by atoms with van der Waals surface area (Å²) in [5, 5.41) is 20.5. The molecule has 0 saturated carbocycles. The second kappa shape index (κ2) is 5.33. The highest BCUT2D eigenvalue weighted by Crippen LogP contribution is 2.42. The van der Waals surface area contributed by atoms with Crippen LogP contribution < -0.4 is 5.32 Å². The highest BCUT2D eigenvalue weighted by molar-refractivity contribution is 6.00. The molecule has 1 saturated heterocycles. The third-order valence-corrected chi connectivity index (χ3v) is 5.65. The average Bonchev–Trinajstić information content (AvgIpc) is 3.29. The molecule has 2 aliphatic rings. The van der Waals surface area contributed by atoms with E-state index in [0.29, 0.717) is 25.9 Å². The number of nitrogens with one attached hydrogen (secondary N) is 2. The summed E-state index contributed by atoms with van der Waals surface area (Å²) in [7, 11) is 0. The first-order chi connectivity index (χ1) is 12.7. The van der Waals surface area contributed by atoms with Crippen molar-refractivity contribution in [2.75, 3.05) is 18.4 Å². The molecule has 0 radical (unpaired) electrons. The first-order valence-electron chi connectivity index (χ1n) is 8.70. The molecule has 6 nitrogen and oxygen atoms in total. The first kappa shape index (κ1) is 15.0. The molecule has 2 aromatic carbocycles. The van der Waals surface area contributed by atoms with Gasteiger partial charge in [0.15, 0.2) is 6.19 Å². The van der Waals surface area contributed by atoms with E-state index in [1.807, 2.05) is 30.5 Å². The van der Waals surface area contributed by atoms with E-state index in [1.54, 1.807) is 4.90 Å². The molecule has 1 fully saturated rings. The molecule has 2 aliphatic heterocycles. The molecule has 1 unspecified atom stereocenters. The maximum atomic E-state index is 12.7. The molecule has 3 aromatic rings. The van der Waals surface area contributed by atoms with Crippen LogP contribution >= 0.6 is 0 Å². The third kappa shape index (κ3) is 2.10. The van der Waals surface area contributed by atoms with Crippen molar-refractivity contribution >= 4 is 22.5 Å². The Labute approximate surface area is 150 Å². The number of aromatic amines is 1. The van der Waals surface area contributed by atoms with Crippen molar-refractivity contribution in [1.82, 2.24) is 15.1 Å². The number of amides is 1. The largest absolute Gasteiger partial charge is 0.325 e. The molecule has 5 rings (SSSR count). The number of hydrogen-bond acceptors (Lipinski definition) is 4. The zero-order valence-electron chi connectivity index (χ0n) is 14.1. The number of fused-ring (bicyclic) bond motifs is 2. The number of anilines is 1. The van der Waals surface area contributed by atoms with E-state index in [-0.39, 0.29) is 5.91 Å². The smallest absolute Gasteiger partial charge is 0.232 e. The van der Waals surface area contributed by atoms with Gasteiger partial charge in [-0.25, -0.2) is 0 Å². The summed E-state index contributed by atoms with van der Waals surface area (Å²) in [6, 6.07) is 12.3. The summed E-state index contributed by atoms with van der Waals surface area (Å²) < 4.78 is 0. The normalized spacial score (nSPS) is 21.7. The number of aromatic nitrogens is 2. The number of hydrogen-bond donors (Lipinski definition) is 2. The van der Waals surface area contributed by atoms with Crippen LogP contribution in [0.15, 0.2) is 42.6 Å². The standard InChI is InChI=1S/C20H17N5O/c21-12-25-7-6-20(11-25)9-14-8-13(4-5-17(14)23-19(20)26)15-2-1-3-18-16(15)10-22-24-18/h1-5,8,10H,6-7,9,11H2,(H,22,24)(H,23,26). The number of rotatable bonds is 1. The Hall–Kier alpha value is -3.33. The van der Waals surface area contributed by atoms with Crippen molar-refractivity contribution in [3.8, 4) is 17.3 Å². The minimum Gasteiger partial charge on any atom is -0.325 e. The Kier molecular flexibility index (Phi) is 3.07. The number of carbonyl (C=O) groups is 1. The van der Waals surface area contributed by atoms with E-state index in [1.165, 1.54) is 0 Å². The minimum absolute atomic E-state index is 0.0347. The van der Waals surface area contributed by atoms with Gasteiger partial charge < -0.3 is 10.2 Å². The SMILES string of the molecule is N#CN1CCC2(Cc3cc(-c4cccc5[nH]ncc45)ccc3NC2=O)C1. The quantitative estimate of drug-likeness (QED) is 0.665. The van der Waals surface area contributed by atoms with Gasteiger partial charge in [-0.15, -0.1) is 0 Å². The fraction of sp³-hybridized carbons (Fsp3) is 0.250. The predicted octanol–water partition coefficient (Wildman–Crippen LogP) is 2.90. The van der Waals surface area contributed by atoms with Gasteiger partial charge in [-0.05, 0) is 47.7 Å². The van der Waals surface area contributed by atoms with Crippen molar-refractivity contribution in [3.63, 3.8) is 0 Å². The van der Waals surface area contributed by atoms with Crippen LogP contribution in [0.4, 0.5) is 5.69 Å². The second-order valence-corrected chi connectivity index (χ2v) is 7.19. The van der Waals surface area contributed by atoms with E-state index >= 15 is 0 Å². The lowest BCUT2D eigenvalue weighted by atomic mass is 9.76. The highest BCUT2D eigenvalue weighted by atomic mass is 16.2. The lowest BCUT2D eigenvalue weighted by Gasteiger charge is -2.33. The maximum Gasteiger partial charge on any atom is 0.232 e. The molecule has 26 heavy (non-hydrogen) atoms. The second-order valence-electron chi connectivity index (χ2n) is 7.19. The van der Waals surface area contributed by atoms with Gasteiger partial charge in [0.2, 0.25) is 5.91 Å². The number of nitrogens with zero attached hydrogens (tertiary/aromatic N) is 3. The Balaban J connectivity index is 1.57. The lowest BCUT2D eigenvalue weighted by Crippen LogP contribution is -2.43. The number of H-pyrrole nitrogens is 1. The van der Waals surface area contributed by atoms with Crippen LogP contribution in [-0.4, -0.2) is 34.1 Å². The average molecular weight is 343 g/mol.